The van der Waals surface area contributed by atoms with Gasteiger partial charge >= 0.3 is 0 Å². The Hall–Kier alpha value is -2.29. The molecule has 3 heteroatoms. The van der Waals surface area contributed by atoms with Crippen molar-refractivity contribution in [1.82, 2.24) is 9.38 Å². The first-order chi connectivity index (χ1) is 10.0. The Bertz CT molecular complexity index is 770. The molecule has 2 aromatic heterocycles. The van der Waals surface area contributed by atoms with Crippen LogP contribution in [0.1, 0.15) is 25.1 Å². The van der Waals surface area contributed by atoms with Crippen molar-refractivity contribution in [1.29, 1.82) is 0 Å². The molecule has 0 saturated heterocycles. The summed E-state index contributed by atoms with van der Waals surface area (Å²) < 4.78 is 7.82. The van der Waals surface area contributed by atoms with E-state index in [0.717, 1.165) is 17.1 Å². The number of fused-ring (bicyclic) bond motifs is 1. The molecule has 0 amide bonds. The summed E-state index contributed by atoms with van der Waals surface area (Å²) in [5, 5.41) is 0. The molecular weight excluding hydrogens is 260 g/mol. The van der Waals surface area contributed by atoms with Crippen LogP contribution < -0.4 is 4.74 Å². The quantitative estimate of drug-likeness (QED) is 0.710. The maximum Gasteiger partial charge on any atom is 0.137 e. The van der Waals surface area contributed by atoms with E-state index in [2.05, 4.69) is 47.6 Å². The zero-order chi connectivity index (χ0) is 15.0. The molecule has 3 nitrogen and oxygen atoms in total. The van der Waals surface area contributed by atoms with Gasteiger partial charge in [0.25, 0.3) is 0 Å². The topological polar surface area (TPSA) is 26.5 Å². The van der Waals surface area contributed by atoms with E-state index in [0.29, 0.717) is 0 Å². The summed E-state index contributed by atoms with van der Waals surface area (Å²) >= 11 is 0. The molecule has 0 spiro atoms. The minimum Gasteiger partial charge on any atom is -0.491 e. The van der Waals surface area contributed by atoms with Gasteiger partial charge in [-0.3, -0.25) is 0 Å². The molecule has 0 aliphatic carbocycles. The van der Waals surface area contributed by atoms with Crippen LogP contribution in [0.2, 0.25) is 0 Å². The lowest BCUT2D eigenvalue weighted by Crippen LogP contribution is -2.05. The summed E-state index contributed by atoms with van der Waals surface area (Å²) in [7, 11) is 0. The Morgan fingerprint density at radius 1 is 1.10 bits per heavy atom. The zero-order valence-electron chi connectivity index (χ0n) is 12.9. The van der Waals surface area contributed by atoms with Crippen molar-refractivity contribution in [2.45, 2.75) is 33.8 Å². The third-order valence-corrected chi connectivity index (χ3v) is 3.58. The SMILES string of the molecule is Cc1cc2ncc(C)n2cc1-c1ccc(OC(C)C)cc1. The fraction of sp³-hybridized carbons (Fsp3) is 0.278. The van der Waals surface area contributed by atoms with Crippen molar-refractivity contribution < 1.29 is 4.74 Å². The summed E-state index contributed by atoms with van der Waals surface area (Å²) in [5.41, 5.74) is 5.78. The smallest absolute Gasteiger partial charge is 0.137 e. The standard InChI is InChI=1S/C18H20N2O/c1-12(2)21-16-7-5-15(6-8-16)17-11-20-14(4)10-19-18(20)9-13(17)3/h5-12H,1-4H3. The normalized spacial score (nSPS) is 11.3. The highest BCUT2D eigenvalue weighted by Crippen LogP contribution is 2.27. The van der Waals surface area contributed by atoms with Crippen LogP contribution in [0, 0.1) is 13.8 Å². The van der Waals surface area contributed by atoms with Gasteiger partial charge in [0.15, 0.2) is 0 Å². The highest BCUT2D eigenvalue weighted by atomic mass is 16.5. The molecular formula is C18H20N2O. The van der Waals surface area contributed by atoms with Crippen LogP contribution in [0.5, 0.6) is 5.75 Å². The summed E-state index contributed by atoms with van der Waals surface area (Å²) in [4.78, 5) is 4.40. The minimum absolute atomic E-state index is 0.197. The lowest BCUT2D eigenvalue weighted by atomic mass is 10.0. The molecule has 0 saturated carbocycles. The highest BCUT2D eigenvalue weighted by Gasteiger charge is 2.07. The van der Waals surface area contributed by atoms with E-state index in [9.17, 15) is 0 Å². The molecule has 3 aromatic rings. The number of imidazole rings is 1. The van der Waals surface area contributed by atoms with E-state index in [1.165, 1.54) is 16.7 Å². The average molecular weight is 280 g/mol. The van der Waals surface area contributed by atoms with Gasteiger partial charge < -0.3 is 9.14 Å². The first-order valence-corrected chi connectivity index (χ1v) is 7.26. The van der Waals surface area contributed by atoms with Gasteiger partial charge in [0.1, 0.15) is 11.4 Å². The van der Waals surface area contributed by atoms with Crippen molar-refractivity contribution in [3.8, 4) is 16.9 Å². The van der Waals surface area contributed by atoms with E-state index < -0.39 is 0 Å². The average Bonchev–Trinajstić information content (AvgIpc) is 2.79. The van der Waals surface area contributed by atoms with Crippen molar-refractivity contribution in [2.24, 2.45) is 0 Å². The third kappa shape index (κ3) is 2.64. The van der Waals surface area contributed by atoms with Gasteiger partial charge in [0, 0.05) is 23.7 Å². The second-order valence-corrected chi connectivity index (χ2v) is 5.69. The Labute approximate surface area is 125 Å². The molecule has 0 unspecified atom stereocenters. The van der Waals surface area contributed by atoms with Crippen LogP contribution in [-0.2, 0) is 0 Å². The second kappa shape index (κ2) is 5.24. The fourth-order valence-electron chi connectivity index (χ4n) is 2.53. The summed E-state index contributed by atoms with van der Waals surface area (Å²) in [6.07, 6.45) is 4.26. The molecule has 21 heavy (non-hydrogen) atoms. The van der Waals surface area contributed by atoms with Gasteiger partial charge in [-0.1, -0.05) is 12.1 Å². The molecule has 1 aromatic carbocycles. The van der Waals surface area contributed by atoms with Gasteiger partial charge in [0.05, 0.1) is 6.10 Å². The van der Waals surface area contributed by atoms with Crippen LogP contribution in [0.3, 0.4) is 0 Å². The Balaban J connectivity index is 2.03. The highest BCUT2D eigenvalue weighted by molar-refractivity contribution is 5.69. The molecule has 0 aliphatic heterocycles. The number of benzene rings is 1. The molecule has 0 fully saturated rings. The maximum absolute atomic E-state index is 5.70. The Morgan fingerprint density at radius 2 is 1.81 bits per heavy atom. The molecule has 2 heterocycles. The lowest BCUT2D eigenvalue weighted by molar-refractivity contribution is 0.242. The first kappa shape index (κ1) is 13.7. The van der Waals surface area contributed by atoms with Crippen LogP contribution in [0.4, 0.5) is 0 Å². The summed E-state index contributed by atoms with van der Waals surface area (Å²) in [5.74, 6) is 0.909. The predicted octanol–water partition coefficient (Wildman–Crippen LogP) is 4.41. The number of pyridine rings is 1. The largest absolute Gasteiger partial charge is 0.491 e. The third-order valence-electron chi connectivity index (χ3n) is 3.58. The van der Waals surface area contributed by atoms with Gasteiger partial charge in [-0.2, -0.15) is 0 Å². The maximum atomic E-state index is 5.70. The van der Waals surface area contributed by atoms with Crippen LogP contribution in [0.25, 0.3) is 16.8 Å². The molecule has 108 valence electrons. The molecule has 0 N–H and O–H groups in total. The van der Waals surface area contributed by atoms with E-state index in [-0.39, 0.29) is 6.10 Å². The fourth-order valence-corrected chi connectivity index (χ4v) is 2.53. The van der Waals surface area contributed by atoms with E-state index in [4.69, 9.17) is 4.74 Å². The zero-order valence-corrected chi connectivity index (χ0v) is 12.9. The van der Waals surface area contributed by atoms with Crippen molar-refractivity contribution >= 4 is 5.65 Å². The second-order valence-electron chi connectivity index (χ2n) is 5.69. The number of aryl methyl sites for hydroxylation is 2. The summed E-state index contributed by atoms with van der Waals surface area (Å²) in [6, 6.07) is 10.4. The number of hydrogen-bond donors (Lipinski definition) is 0. The van der Waals surface area contributed by atoms with Gasteiger partial charge in [-0.25, -0.2) is 4.98 Å². The number of hydrogen-bond acceptors (Lipinski definition) is 2. The Morgan fingerprint density at radius 3 is 2.48 bits per heavy atom. The van der Waals surface area contributed by atoms with E-state index in [1.807, 2.05) is 32.2 Å². The summed E-state index contributed by atoms with van der Waals surface area (Å²) in [6.45, 7) is 8.26. The number of nitrogens with zero attached hydrogens (tertiary/aromatic N) is 2. The predicted molar refractivity (Wildman–Crippen MR) is 85.9 cm³/mol. The van der Waals surface area contributed by atoms with Gasteiger partial charge in [-0.05, 0) is 57.0 Å². The first-order valence-electron chi connectivity index (χ1n) is 7.26. The Kier molecular flexibility index (Phi) is 3.42. The number of ether oxygens (including phenoxy) is 1. The van der Waals surface area contributed by atoms with Crippen molar-refractivity contribution in [2.75, 3.05) is 0 Å². The van der Waals surface area contributed by atoms with E-state index >= 15 is 0 Å². The minimum atomic E-state index is 0.197. The van der Waals surface area contributed by atoms with Crippen molar-refractivity contribution in [3.05, 3.63) is 54.0 Å². The molecule has 3 rings (SSSR count). The van der Waals surface area contributed by atoms with Crippen LogP contribution in [0.15, 0.2) is 42.7 Å². The molecule has 0 radical (unpaired) electrons. The molecule has 0 atom stereocenters. The number of aromatic nitrogens is 2. The molecule has 0 bridgehead atoms. The van der Waals surface area contributed by atoms with Crippen molar-refractivity contribution in [3.63, 3.8) is 0 Å². The van der Waals surface area contributed by atoms with Gasteiger partial charge in [-0.15, -0.1) is 0 Å². The monoisotopic (exact) mass is 280 g/mol. The van der Waals surface area contributed by atoms with Crippen LogP contribution in [-0.4, -0.2) is 15.5 Å². The lowest BCUT2D eigenvalue weighted by Gasteiger charge is -2.12. The van der Waals surface area contributed by atoms with Gasteiger partial charge in [0.2, 0.25) is 0 Å². The van der Waals surface area contributed by atoms with Crippen LogP contribution >= 0.6 is 0 Å². The number of rotatable bonds is 3. The van der Waals surface area contributed by atoms with E-state index in [1.54, 1.807) is 0 Å². The molecule has 0 aliphatic rings.